The molecule has 0 saturated carbocycles. The van der Waals surface area contributed by atoms with Crippen molar-refractivity contribution in [2.75, 3.05) is 0 Å². The Morgan fingerprint density at radius 3 is 2.12 bits per heavy atom. The molecule has 0 bridgehead atoms. The largest absolute Gasteiger partial charge is 1.00 e. The van der Waals surface area contributed by atoms with Crippen molar-refractivity contribution in [3.63, 3.8) is 0 Å². The number of hydrogen-bond acceptors (Lipinski definition) is 2. The average Bonchev–Trinajstić information content (AvgIpc) is 2.63. The molecule has 1 heterocycles. The van der Waals surface area contributed by atoms with Crippen LogP contribution in [-0.4, -0.2) is 11.6 Å². The van der Waals surface area contributed by atoms with Crippen LogP contribution in [0, 0.1) is 0 Å². The molecule has 1 aromatic heterocycles. The van der Waals surface area contributed by atoms with Crippen LogP contribution in [0.2, 0.25) is 0 Å². The minimum absolute atomic E-state index is 0. The smallest absolute Gasteiger partial charge is 0.256 e. The molecule has 0 radical (unpaired) electrons. The summed E-state index contributed by atoms with van der Waals surface area (Å²) in [6.07, 6.45) is 1.76. The maximum atomic E-state index is 12.7. The lowest BCUT2D eigenvalue weighted by molar-refractivity contribution is -0.684. The summed E-state index contributed by atoms with van der Waals surface area (Å²) in [6, 6.07) is 21.6. The molecule has 0 aliphatic rings. The number of ketones is 2. The third kappa shape index (κ3) is 4.71. The molecule has 0 aliphatic heterocycles. The third-order valence-electron chi connectivity index (χ3n) is 3.69. The van der Waals surface area contributed by atoms with Gasteiger partial charge < -0.3 is 17.0 Å². The topological polar surface area (TPSA) is 38.0 Å². The van der Waals surface area contributed by atoms with E-state index in [-0.39, 0.29) is 35.1 Å². The van der Waals surface area contributed by atoms with Gasteiger partial charge in [0, 0.05) is 27.7 Å². The summed E-state index contributed by atoms with van der Waals surface area (Å²) in [5.41, 5.74) is 1.72. The fourth-order valence-corrected chi connectivity index (χ4v) is 2.70. The highest BCUT2D eigenvalue weighted by Gasteiger charge is 2.22. The van der Waals surface area contributed by atoms with E-state index in [9.17, 15) is 9.59 Å². The van der Waals surface area contributed by atoms with Gasteiger partial charge in [-0.15, -0.1) is 0 Å². The quantitative estimate of drug-likeness (QED) is 0.418. The minimum Gasteiger partial charge on any atom is -1.00 e. The van der Waals surface area contributed by atoms with E-state index < -0.39 is 0 Å². The number of hydrogen-bond donors (Lipinski definition) is 0. The van der Waals surface area contributed by atoms with Gasteiger partial charge >= 0.3 is 0 Å². The van der Waals surface area contributed by atoms with Crippen LogP contribution < -0.4 is 21.5 Å². The van der Waals surface area contributed by atoms with Gasteiger partial charge in [-0.05, 0) is 18.2 Å². The lowest BCUT2D eigenvalue weighted by Crippen LogP contribution is -3.00. The predicted molar refractivity (Wildman–Crippen MR) is 95.0 cm³/mol. The Balaban J connectivity index is 0.00000225. The van der Waals surface area contributed by atoms with Crippen LogP contribution in [0.3, 0.4) is 0 Å². The first kappa shape index (κ1) is 19.2. The van der Waals surface area contributed by atoms with Gasteiger partial charge in [0.25, 0.3) is 11.5 Å². The molecule has 0 amide bonds. The van der Waals surface area contributed by atoms with Crippen molar-refractivity contribution in [1.82, 2.24) is 0 Å². The molecule has 3 aromatic rings. The van der Waals surface area contributed by atoms with Crippen LogP contribution in [0.1, 0.15) is 26.4 Å². The van der Waals surface area contributed by atoms with Crippen LogP contribution in [0.25, 0.3) is 0 Å². The van der Waals surface area contributed by atoms with Gasteiger partial charge in [0.2, 0.25) is 12.3 Å². The van der Waals surface area contributed by atoms with Crippen molar-refractivity contribution >= 4 is 27.5 Å². The summed E-state index contributed by atoms with van der Waals surface area (Å²) in [5.74, 6) is -0.138. The number of rotatable bonds is 5. The van der Waals surface area contributed by atoms with Crippen LogP contribution in [-0.2, 0) is 6.54 Å². The van der Waals surface area contributed by atoms with E-state index in [1.54, 1.807) is 47.2 Å². The fourth-order valence-electron chi connectivity index (χ4n) is 2.44. The van der Waals surface area contributed by atoms with Crippen molar-refractivity contribution in [3.05, 3.63) is 100 Å². The fraction of sp³-hybridized carbons (Fsp3) is 0.0500. The summed E-state index contributed by atoms with van der Waals surface area (Å²) in [6.45, 7) is 0.121. The highest BCUT2D eigenvalue weighted by molar-refractivity contribution is 9.10. The molecular formula is C20H15Br2NO2. The van der Waals surface area contributed by atoms with Crippen molar-refractivity contribution in [1.29, 1.82) is 0 Å². The second-order valence-corrected chi connectivity index (χ2v) is 6.25. The SMILES string of the molecule is O=C(C[n+]1ccccc1C(=O)c1ccccc1)c1ccc(Br)cc1.[Br-]. The Hall–Kier alpha value is -2.11. The molecule has 0 spiro atoms. The molecule has 5 heteroatoms. The number of halogens is 2. The van der Waals surface area contributed by atoms with E-state index in [0.717, 1.165) is 4.47 Å². The summed E-state index contributed by atoms with van der Waals surface area (Å²) in [7, 11) is 0. The first-order chi connectivity index (χ1) is 11.6. The van der Waals surface area contributed by atoms with Gasteiger partial charge in [0.05, 0.1) is 0 Å². The highest BCUT2D eigenvalue weighted by atomic mass is 79.9. The van der Waals surface area contributed by atoms with Crippen LogP contribution in [0.15, 0.2) is 83.5 Å². The second kappa shape index (κ2) is 8.83. The molecule has 0 aliphatic carbocycles. The first-order valence-corrected chi connectivity index (χ1v) is 8.31. The van der Waals surface area contributed by atoms with Gasteiger partial charge in [0.1, 0.15) is 0 Å². The number of Topliss-reactive ketones (excluding diaryl/α,β-unsaturated/α-hetero) is 1. The first-order valence-electron chi connectivity index (χ1n) is 7.52. The zero-order valence-electron chi connectivity index (χ0n) is 13.2. The highest BCUT2D eigenvalue weighted by Crippen LogP contribution is 2.11. The third-order valence-corrected chi connectivity index (χ3v) is 4.22. The molecule has 0 fully saturated rings. The van der Waals surface area contributed by atoms with Gasteiger partial charge in [-0.3, -0.25) is 9.59 Å². The predicted octanol–water partition coefficient (Wildman–Crippen LogP) is 0.854. The van der Waals surface area contributed by atoms with Crippen LogP contribution in [0.5, 0.6) is 0 Å². The standard InChI is InChI=1S/C20H15BrNO2.BrH/c21-17-11-9-15(10-12-17)19(23)14-22-13-5-4-8-18(22)20(24)16-6-2-1-3-7-16;/h1-13H,14H2;1H/q+1;/p-1. The molecule has 0 saturated heterocycles. The number of pyridine rings is 1. The summed E-state index contributed by atoms with van der Waals surface area (Å²) >= 11 is 3.36. The lowest BCUT2D eigenvalue weighted by Gasteiger charge is -2.04. The normalized spacial score (nSPS) is 9.96. The average molecular weight is 461 g/mol. The van der Waals surface area contributed by atoms with Crippen LogP contribution in [0.4, 0.5) is 0 Å². The molecule has 0 atom stereocenters. The van der Waals surface area contributed by atoms with Crippen LogP contribution >= 0.6 is 15.9 Å². The maximum Gasteiger partial charge on any atom is 0.256 e. The van der Waals surface area contributed by atoms with Crippen molar-refractivity contribution in [2.24, 2.45) is 0 Å². The monoisotopic (exact) mass is 459 g/mol. The molecular weight excluding hydrogens is 446 g/mol. The Labute approximate surface area is 165 Å². The van der Waals surface area contributed by atoms with E-state index >= 15 is 0 Å². The number of aromatic nitrogens is 1. The summed E-state index contributed by atoms with van der Waals surface area (Å²) < 4.78 is 2.62. The molecule has 2 aromatic carbocycles. The molecule has 126 valence electrons. The Morgan fingerprint density at radius 1 is 0.800 bits per heavy atom. The number of carbonyl (C=O) groups excluding carboxylic acids is 2. The molecule has 25 heavy (non-hydrogen) atoms. The number of nitrogens with zero attached hydrogens (tertiary/aromatic N) is 1. The van der Waals surface area contributed by atoms with Gasteiger partial charge in [0.15, 0.2) is 6.20 Å². The van der Waals surface area contributed by atoms with E-state index in [0.29, 0.717) is 16.8 Å². The van der Waals surface area contributed by atoms with Crippen molar-refractivity contribution in [2.45, 2.75) is 6.54 Å². The zero-order valence-corrected chi connectivity index (χ0v) is 16.4. The van der Waals surface area contributed by atoms with E-state index in [2.05, 4.69) is 15.9 Å². The molecule has 3 rings (SSSR count). The molecule has 0 N–H and O–H groups in total. The number of benzene rings is 2. The van der Waals surface area contributed by atoms with Crippen molar-refractivity contribution < 1.29 is 31.1 Å². The van der Waals surface area contributed by atoms with Gasteiger partial charge in [-0.25, -0.2) is 0 Å². The number of carbonyl (C=O) groups is 2. The van der Waals surface area contributed by atoms with Crippen molar-refractivity contribution in [3.8, 4) is 0 Å². The van der Waals surface area contributed by atoms with E-state index in [4.69, 9.17) is 0 Å². The summed E-state index contributed by atoms with van der Waals surface area (Å²) in [4.78, 5) is 25.2. The van der Waals surface area contributed by atoms with E-state index in [1.807, 2.05) is 36.4 Å². The molecule has 0 unspecified atom stereocenters. The van der Waals surface area contributed by atoms with Gasteiger partial charge in [-0.2, -0.15) is 4.57 Å². The maximum absolute atomic E-state index is 12.7. The summed E-state index contributed by atoms with van der Waals surface area (Å²) in [5, 5.41) is 0. The molecule has 3 nitrogen and oxygen atoms in total. The Morgan fingerprint density at radius 2 is 1.44 bits per heavy atom. The zero-order chi connectivity index (χ0) is 16.9. The Bertz CT molecular complexity index is 878. The van der Waals surface area contributed by atoms with Gasteiger partial charge in [-0.1, -0.05) is 58.4 Å². The Kier molecular flexibility index (Phi) is 6.79. The second-order valence-electron chi connectivity index (χ2n) is 5.34. The minimum atomic E-state index is -0.0974. The van der Waals surface area contributed by atoms with E-state index in [1.165, 1.54) is 0 Å². The lowest BCUT2D eigenvalue weighted by atomic mass is 10.1.